The van der Waals surface area contributed by atoms with Crippen LogP contribution in [-0.2, 0) is 9.47 Å². The lowest BCUT2D eigenvalue weighted by molar-refractivity contribution is -0.199. The summed E-state index contributed by atoms with van der Waals surface area (Å²) in [5.74, 6) is 0.392. The van der Waals surface area contributed by atoms with Crippen molar-refractivity contribution in [2.24, 2.45) is 5.92 Å². The molecule has 1 unspecified atom stereocenters. The van der Waals surface area contributed by atoms with Gasteiger partial charge in [-0.15, -0.1) is 0 Å². The Hall–Kier alpha value is -0.900. The van der Waals surface area contributed by atoms with Gasteiger partial charge in [0.1, 0.15) is 0 Å². The van der Waals surface area contributed by atoms with Gasteiger partial charge in [-0.25, -0.2) is 0 Å². The van der Waals surface area contributed by atoms with Gasteiger partial charge in [-0.05, 0) is 26.6 Å². The van der Waals surface area contributed by atoms with Gasteiger partial charge >= 0.3 is 0 Å². The van der Waals surface area contributed by atoms with E-state index in [0.29, 0.717) is 12.0 Å². The van der Waals surface area contributed by atoms with Crippen LogP contribution in [0, 0.1) is 5.92 Å². The van der Waals surface area contributed by atoms with Crippen LogP contribution in [0.2, 0.25) is 0 Å². The fourth-order valence-corrected chi connectivity index (χ4v) is 2.44. The molecule has 1 aliphatic heterocycles. The molecule has 0 bridgehead atoms. The van der Waals surface area contributed by atoms with Gasteiger partial charge in [0, 0.05) is 12.0 Å². The molecule has 0 amide bonds. The average Bonchev–Trinajstić information content (AvgIpc) is 2.33. The van der Waals surface area contributed by atoms with Crippen LogP contribution in [-0.4, -0.2) is 38.5 Å². The molecule has 17 heavy (non-hydrogen) atoms. The maximum absolute atomic E-state index is 5.59. The van der Waals surface area contributed by atoms with E-state index < -0.39 is 0 Å². The van der Waals surface area contributed by atoms with E-state index in [1.165, 1.54) is 5.56 Å². The normalized spacial score (nSPS) is 27.1. The van der Waals surface area contributed by atoms with Gasteiger partial charge in [-0.2, -0.15) is 0 Å². The van der Waals surface area contributed by atoms with Gasteiger partial charge in [-0.1, -0.05) is 30.3 Å². The van der Waals surface area contributed by atoms with Crippen LogP contribution < -0.4 is 0 Å². The molecule has 0 saturated carbocycles. The van der Waals surface area contributed by atoms with Gasteiger partial charge in [0.15, 0.2) is 6.29 Å². The Bertz CT molecular complexity index is 331. The largest absolute Gasteiger partial charge is 0.353 e. The van der Waals surface area contributed by atoms with Crippen molar-refractivity contribution in [2.75, 3.05) is 27.3 Å². The molecule has 0 spiro atoms. The first-order chi connectivity index (χ1) is 8.18. The molecular weight excluding hydrogens is 214 g/mol. The zero-order chi connectivity index (χ0) is 12.3. The van der Waals surface area contributed by atoms with Gasteiger partial charge in [0.2, 0.25) is 0 Å². The summed E-state index contributed by atoms with van der Waals surface area (Å²) in [5.41, 5.74) is 1.32. The quantitative estimate of drug-likeness (QED) is 0.802. The zero-order valence-corrected chi connectivity index (χ0v) is 10.8. The molecule has 1 atom stereocenters. The predicted molar refractivity (Wildman–Crippen MR) is 67.7 cm³/mol. The molecule has 0 aliphatic carbocycles. The summed E-state index contributed by atoms with van der Waals surface area (Å²) in [6, 6.07) is 10.9. The first kappa shape index (κ1) is 12.6. The molecule has 0 aromatic heterocycles. The first-order valence-electron chi connectivity index (χ1n) is 6.13. The molecule has 3 nitrogen and oxygen atoms in total. The first-order valence-corrected chi connectivity index (χ1v) is 6.13. The van der Waals surface area contributed by atoms with Crippen molar-refractivity contribution in [3.8, 4) is 0 Å². The van der Waals surface area contributed by atoms with Crippen molar-refractivity contribution in [3.63, 3.8) is 0 Å². The number of nitrogens with zero attached hydrogens (tertiary/aromatic N) is 1. The molecule has 1 aromatic carbocycles. The summed E-state index contributed by atoms with van der Waals surface area (Å²) in [6.45, 7) is 3.47. The van der Waals surface area contributed by atoms with Crippen molar-refractivity contribution < 1.29 is 9.47 Å². The molecular formula is C14H21NO2. The van der Waals surface area contributed by atoms with Gasteiger partial charge in [0.25, 0.3) is 0 Å². The standard InChI is InChI=1S/C14H21NO2/c1-11-16-9-13(10-17-11)14(15(2)3)12-7-5-4-6-8-12/h4-8,11,13-14H,9-10H2,1-3H3. The van der Waals surface area contributed by atoms with Crippen molar-refractivity contribution in [1.82, 2.24) is 4.90 Å². The summed E-state index contributed by atoms with van der Waals surface area (Å²) in [6.07, 6.45) is -0.0650. The second-order valence-electron chi connectivity index (χ2n) is 4.81. The van der Waals surface area contributed by atoms with Crippen LogP contribution in [0.1, 0.15) is 18.5 Å². The van der Waals surface area contributed by atoms with Crippen LogP contribution in [0.15, 0.2) is 30.3 Å². The zero-order valence-electron chi connectivity index (χ0n) is 10.8. The van der Waals surface area contributed by atoms with Crippen LogP contribution in [0.3, 0.4) is 0 Å². The third-order valence-electron chi connectivity index (χ3n) is 3.23. The number of benzene rings is 1. The summed E-state index contributed by atoms with van der Waals surface area (Å²) < 4.78 is 11.2. The number of hydrogen-bond acceptors (Lipinski definition) is 3. The fraction of sp³-hybridized carbons (Fsp3) is 0.571. The molecule has 1 heterocycles. The number of ether oxygens (including phenoxy) is 2. The minimum absolute atomic E-state index is 0.0650. The van der Waals surface area contributed by atoms with Gasteiger partial charge in [-0.3, -0.25) is 0 Å². The molecule has 1 fully saturated rings. The summed E-state index contributed by atoms with van der Waals surface area (Å²) in [4.78, 5) is 2.24. The van der Waals surface area contributed by atoms with Gasteiger partial charge in [0.05, 0.1) is 13.2 Å². The molecule has 2 rings (SSSR count). The molecule has 1 aromatic rings. The monoisotopic (exact) mass is 235 g/mol. The molecule has 94 valence electrons. The molecule has 1 saturated heterocycles. The van der Waals surface area contributed by atoms with E-state index in [9.17, 15) is 0 Å². The third-order valence-corrected chi connectivity index (χ3v) is 3.23. The number of rotatable bonds is 3. The van der Waals surface area contributed by atoms with Crippen LogP contribution >= 0.6 is 0 Å². The maximum Gasteiger partial charge on any atom is 0.154 e. The van der Waals surface area contributed by atoms with Crippen LogP contribution in [0.5, 0.6) is 0 Å². The van der Waals surface area contributed by atoms with Crippen LogP contribution in [0.4, 0.5) is 0 Å². The maximum atomic E-state index is 5.59. The highest BCUT2D eigenvalue weighted by Gasteiger charge is 2.29. The highest BCUT2D eigenvalue weighted by atomic mass is 16.7. The summed E-state index contributed by atoms with van der Waals surface area (Å²) in [7, 11) is 4.21. The third kappa shape index (κ3) is 3.06. The van der Waals surface area contributed by atoms with E-state index in [-0.39, 0.29) is 6.29 Å². The van der Waals surface area contributed by atoms with Gasteiger partial charge < -0.3 is 14.4 Å². The van der Waals surface area contributed by atoms with E-state index in [1.807, 2.05) is 13.0 Å². The summed E-state index contributed by atoms with van der Waals surface area (Å²) in [5, 5.41) is 0. The topological polar surface area (TPSA) is 21.7 Å². The molecule has 0 N–H and O–H groups in total. The summed E-state index contributed by atoms with van der Waals surface area (Å²) >= 11 is 0. The number of hydrogen-bond donors (Lipinski definition) is 0. The van der Waals surface area contributed by atoms with Crippen molar-refractivity contribution in [1.29, 1.82) is 0 Å². The van der Waals surface area contributed by atoms with Crippen molar-refractivity contribution in [2.45, 2.75) is 19.3 Å². The second-order valence-corrected chi connectivity index (χ2v) is 4.81. The lowest BCUT2D eigenvalue weighted by atomic mass is 9.93. The lowest BCUT2D eigenvalue weighted by Crippen LogP contribution is -2.38. The van der Waals surface area contributed by atoms with E-state index in [2.05, 4.69) is 43.3 Å². The Balaban J connectivity index is 2.13. The predicted octanol–water partition coefficient (Wildman–Crippen LogP) is 2.30. The SMILES string of the molecule is CC1OCC(C(c2ccccc2)N(C)C)CO1. The van der Waals surface area contributed by atoms with E-state index in [0.717, 1.165) is 13.2 Å². The highest BCUT2D eigenvalue weighted by Crippen LogP contribution is 2.29. The minimum atomic E-state index is -0.0650. The Labute approximate surface area is 103 Å². The Morgan fingerprint density at radius 3 is 2.24 bits per heavy atom. The minimum Gasteiger partial charge on any atom is -0.353 e. The Kier molecular flexibility index (Phi) is 4.15. The Morgan fingerprint density at radius 2 is 1.71 bits per heavy atom. The van der Waals surface area contributed by atoms with Crippen LogP contribution in [0.25, 0.3) is 0 Å². The van der Waals surface area contributed by atoms with E-state index in [4.69, 9.17) is 9.47 Å². The van der Waals surface area contributed by atoms with Crippen molar-refractivity contribution in [3.05, 3.63) is 35.9 Å². The Morgan fingerprint density at radius 1 is 1.12 bits per heavy atom. The second kappa shape index (κ2) is 5.63. The fourth-order valence-electron chi connectivity index (χ4n) is 2.44. The van der Waals surface area contributed by atoms with E-state index in [1.54, 1.807) is 0 Å². The smallest absolute Gasteiger partial charge is 0.154 e. The molecule has 0 radical (unpaired) electrons. The highest BCUT2D eigenvalue weighted by molar-refractivity contribution is 5.19. The molecule has 3 heteroatoms. The van der Waals surface area contributed by atoms with E-state index >= 15 is 0 Å². The molecule has 1 aliphatic rings. The average molecular weight is 235 g/mol. The van der Waals surface area contributed by atoms with Crippen molar-refractivity contribution >= 4 is 0 Å². The lowest BCUT2D eigenvalue weighted by Gasteiger charge is -2.36.